The van der Waals surface area contributed by atoms with Gasteiger partial charge in [-0.25, -0.2) is 9.59 Å². The van der Waals surface area contributed by atoms with Crippen LogP contribution in [0.2, 0.25) is 0 Å². The van der Waals surface area contributed by atoms with E-state index >= 15 is 0 Å². The second-order valence-electron chi connectivity index (χ2n) is 12.7. The van der Waals surface area contributed by atoms with E-state index in [9.17, 15) is 35.1 Å². The molecule has 0 amide bonds. The van der Waals surface area contributed by atoms with Crippen LogP contribution in [0, 0.1) is 16.7 Å². The maximum Gasteiger partial charge on any atom is 0.338 e. The fraction of sp³-hybridized carbons (Fsp3) is 0.548. The summed E-state index contributed by atoms with van der Waals surface area (Å²) in [6, 6.07) is 12.3. The topological polar surface area (TPSA) is 200 Å². The highest BCUT2D eigenvalue weighted by atomic mass is 16.8. The molecule has 8 rings (SSSR count). The van der Waals surface area contributed by atoms with E-state index < -0.39 is 89.3 Å². The molecule has 2 aromatic carbocycles. The standard InChI is InChI=1S/C31H32O14/c1-27-29(11-19-28(29,30(27)26(44-27)45-31(19,30)38)13-41-23(36)14-6-4-3-5-7-14)43-25-22(35)21(34)20(33)18(42-25)12-40-24(37)15-8-9-16(32)17(10-15)39-2/h3-10,18-22,25-26,32-35,38H,11-13H2,1-2H3/t18-,19-,20-,21+,22-,25+,26+,27-,28?,29+,30?,31+/m1/s1. The Kier molecular flexibility index (Phi) is 5.91. The van der Waals surface area contributed by atoms with Gasteiger partial charge in [0.1, 0.15) is 54.2 Å². The minimum absolute atomic E-state index is 0.0545. The number of phenols is 1. The summed E-state index contributed by atoms with van der Waals surface area (Å²) in [5.41, 5.74) is -3.76. The third-order valence-corrected chi connectivity index (χ3v) is 11.3. The molecule has 12 atom stereocenters. The molecule has 6 fully saturated rings. The molecular weight excluding hydrogens is 596 g/mol. The summed E-state index contributed by atoms with van der Waals surface area (Å²) in [6.45, 7) is 1.11. The third-order valence-electron chi connectivity index (χ3n) is 11.3. The summed E-state index contributed by atoms with van der Waals surface area (Å²) in [5.74, 6) is -3.44. The Labute approximate surface area is 255 Å². The number of hydrogen-bond donors (Lipinski definition) is 5. The molecule has 5 N–H and O–H groups in total. The van der Waals surface area contributed by atoms with E-state index in [1.165, 1.54) is 25.3 Å². The van der Waals surface area contributed by atoms with Gasteiger partial charge in [0.15, 0.2) is 29.9 Å². The Bertz CT molecular complexity index is 1590. The van der Waals surface area contributed by atoms with Crippen LogP contribution in [0.15, 0.2) is 48.5 Å². The number of aromatic hydroxyl groups is 1. The zero-order valence-corrected chi connectivity index (χ0v) is 24.2. The van der Waals surface area contributed by atoms with E-state index in [4.69, 9.17) is 33.2 Å². The molecule has 45 heavy (non-hydrogen) atoms. The zero-order valence-electron chi connectivity index (χ0n) is 24.2. The Morgan fingerprint density at radius 1 is 0.956 bits per heavy atom. The molecule has 3 aliphatic carbocycles. The van der Waals surface area contributed by atoms with Crippen molar-refractivity contribution in [1.29, 1.82) is 0 Å². The van der Waals surface area contributed by atoms with Crippen LogP contribution in [-0.2, 0) is 28.4 Å². The lowest BCUT2D eigenvalue weighted by Gasteiger charge is -3.05. The van der Waals surface area contributed by atoms with Crippen LogP contribution in [0.3, 0.4) is 0 Å². The van der Waals surface area contributed by atoms with Gasteiger partial charge in [0, 0.05) is 5.92 Å². The highest BCUT2D eigenvalue weighted by Crippen LogP contribution is 3.03. The molecule has 2 aromatic rings. The molecule has 0 aromatic heterocycles. The van der Waals surface area contributed by atoms with Gasteiger partial charge in [-0.2, -0.15) is 0 Å². The number of ether oxygens (including phenoxy) is 7. The average Bonchev–Trinajstić information content (AvgIpc) is 3.02. The third kappa shape index (κ3) is 3.03. The van der Waals surface area contributed by atoms with E-state index in [0.717, 1.165) is 0 Å². The maximum absolute atomic E-state index is 12.9. The molecule has 0 radical (unpaired) electrons. The Morgan fingerprint density at radius 2 is 1.69 bits per heavy atom. The van der Waals surface area contributed by atoms with E-state index in [1.54, 1.807) is 37.3 Å². The first-order valence-electron chi connectivity index (χ1n) is 14.6. The molecule has 0 bridgehead atoms. The minimum Gasteiger partial charge on any atom is -0.504 e. The van der Waals surface area contributed by atoms with Crippen molar-refractivity contribution in [3.05, 3.63) is 59.7 Å². The van der Waals surface area contributed by atoms with Crippen molar-refractivity contribution in [2.45, 2.75) is 67.3 Å². The van der Waals surface area contributed by atoms with Gasteiger partial charge >= 0.3 is 11.9 Å². The van der Waals surface area contributed by atoms with E-state index in [-0.39, 0.29) is 30.1 Å². The molecule has 240 valence electrons. The first-order chi connectivity index (χ1) is 21.4. The van der Waals surface area contributed by atoms with Gasteiger partial charge in [0.2, 0.25) is 0 Å². The number of aliphatic hydroxyl groups is 4. The molecule has 14 heteroatoms. The van der Waals surface area contributed by atoms with Crippen molar-refractivity contribution in [1.82, 2.24) is 0 Å². The van der Waals surface area contributed by atoms with Crippen molar-refractivity contribution < 1.29 is 68.3 Å². The fourth-order valence-corrected chi connectivity index (χ4v) is 9.28. The van der Waals surface area contributed by atoms with E-state index in [1.807, 2.05) is 0 Å². The van der Waals surface area contributed by atoms with Crippen LogP contribution in [0.1, 0.15) is 34.1 Å². The van der Waals surface area contributed by atoms with Gasteiger partial charge in [0.25, 0.3) is 0 Å². The van der Waals surface area contributed by atoms with Gasteiger partial charge in [-0.3, -0.25) is 0 Å². The lowest BCUT2D eigenvalue weighted by atomic mass is 9.08. The highest BCUT2D eigenvalue weighted by Gasteiger charge is 3.18. The fourth-order valence-electron chi connectivity index (χ4n) is 9.28. The molecule has 3 heterocycles. The number of carbonyl (C=O) groups excluding carboxylic acids is 2. The number of carbonyl (C=O) groups is 2. The number of rotatable bonds is 9. The molecule has 6 aliphatic rings. The maximum atomic E-state index is 12.9. The van der Waals surface area contributed by atoms with Crippen LogP contribution in [-0.4, -0.2) is 112 Å². The van der Waals surface area contributed by atoms with Crippen LogP contribution in [0.5, 0.6) is 11.5 Å². The van der Waals surface area contributed by atoms with Gasteiger partial charge < -0.3 is 58.7 Å². The van der Waals surface area contributed by atoms with E-state index in [0.29, 0.717) is 5.56 Å². The van der Waals surface area contributed by atoms with Crippen LogP contribution in [0.25, 0.3) is 0 Å². The van der Waals surface area contributed by atoms with Crippen molar-refractivity contribution in [3.8, 4) is 11.5 Å². The molecule has 2 unspecified atom stereocenters. The lowest BCUT2D eigenvalue weighted by molar-refractivity contribution is -0.792. The van der Waals surface area contributed by atoms with Crippen LogP contribution in [0.4, 0.5) is 0 Å². The number of fused-ring (bicyclic) bond motifs is 2. The number of esters is 2. The van der Waals surface area contributed by atoms with Gasteiger partial charge in [-0.1, -0.05) is 18.2 Å². The second kappa shape index (κ2) is 9.14. The molecule has 14 nitrogen and oxygen atoms in total. The van der Waals surface area contributed by atoms with E-state index in [2.05, 4.69) is 0 Å². The number of aliphatic hydroxyl groups excluding tert-OH is 3. The Morgan fingerprint density at radius 3 is 2.40 bits per heavy atom. The summed E-state index contributed by atoms with van der Waals surface area (Å²) in [6.07, 6.45) is -8.43. The summed E-state index contributed by atoms with van der Waals surface area (Å²) in [7, 11) is 1.33. The summed E-state index contributed by atoms with van der Waals surface area (Å²) < 4.78 is 40.3. The smallest absolute Gasteiger partial charge is 0.338 e. The summed E-state index contributed by atoms with van der Waals surface area (Å²) in [5, 5.41) is 53.6. The summed E-state index contributed by atoms with van der Waals surface area (Å²) >= 11 is 0. The first kappa shape index (κ1) is 29.1. The predicted molar refractivity (Wildman–Crippen MR) is 144 cm³/mol. The Hall–Kier alpha value is -3.34. The molecule has 1 spiro atoms. The monoisotopic (exact) mass is 628 g/mol. The van der Waals surface area contributed by atoms with Crippen LogP contribution < -0.4 is 4.74 Å². The lowest BCUT2D eigenvalue weighted by Crippen LogP contribution is -3.20. The number of benzene rings is 2. The second-order valence-corrected chi connectivity index (χ2v) is 12.7. The quantitative estimate of drug-likeness (QED) is 0.229. The SMILES string of the molecule is COc1cc(C(=O)OC[C@H]2O[C@@H](O[C@]34C[C@@H]5C3(COC(=O)c3ccccc3)C36[C@H](O[C@@]53O)O[C@@]64C)[C@H](O)[C@@H](O)[C@@H]2O)ccc1O. The number of methoxy groups -OCH3 is 1. The van der Waals surface area contributed by atoms with Crippen molar-refractivity contribution >= 4 is 11.9 Å². The van der Waals surface area contributed by atoms with Crippen molar-refractivity contribution in [2.75, 3.05) is 20.3 Å². The highest BCUT2D eigenvalue weighted by molar-refractivity contribution is 5.90. The Balaban J connectivity index is 1.02. The van der Waals surface area contributed by atoms with Gasteiger partial charge in [0.05, 0.1) is 23.7 Å². The minimum atomic E-state index is -1.73. The van der Waals surface area contributed by atoms with Crippen LogP contribution >= 0.6 is 0 Å². The molecule has 3 saturated carbocycles. The van der Waals surface area contributed by atoms with Gasteiger partial charge in [-0.05, 0) is 43.7 Å². The zero-order chi connectivity index (χ0) is 31.7. The average molecular weight is 629 g/mol. The normalized spacial score (nSPS) is 46.0. The van der Waals surface area contributed by atoms with Crippen molar-refractivity contribution in [2.24, 2.45) is 16.7 Å². The number of phenolic OH excluding ortho intramolecular Hbond substituents is 1. The first-order valence-corrected chi connectivity index (χ1v) is 14.6. The van der Waals surface area contributed by atoms with Gasteiger partial charge in [-0.15, -0.1) is 0 Å². The van der Waals surface area contributed by atoms with Crippen molar-refractivity contribution in [3.63, 3.8) is 0 Å². The predicted octanol–water partition coefficient (Wildman–Crippen LogP) is -0.169. The number of hydrogen-bond acceptors (Lipinski definition) is 14. The summed E-state index contributed by atoms with van der Waals surface area (Å²) in [4.78, 5) is 25.6. The molecule has 3 saturated heterocycles. The molecular formula is C31H32O14. The largest absolute Gasteiger partial charge is 0.504 e. The molecule has 3 aliphatic heterocycles.